The highest BCUT2D eigenvalue weighted by molar-refractivity contribution is 6.36. The molecule has 12 nitrogen and oxygen atoms in total. The van der Waals surface area contributed by atoms with Crippen molar-refractivity contribution in [3.05, 3.63) is 57.6 Å². The van der Waals surface area contributed by atoms with E-state index in [0.717, 1.165) is 0 Å². The van der Waals surface area contributed by atoms with Gasteiger partial charge in [-0.1, -0.05) is 23.2 Å². The Labute approximate surface area is 240 Å². The molecule has 14 heteroatoms. The van der Waals surface area contributed by atoms with Crippen LogP contribution in [0.25, 0.3) is 0 Å². The van der Waals surface area contributed by atoms with Crippen molar-refractivity contribution in [2.75, 3.05) is 74.9 Å². The van der Waals surface area contributed by atoms with Gasteiger partial charge in [0.15, 0.2) is 11.5 Å². The molecule has 2 aliphatic heterocycles. The van der Waals surface area contributed by atoms with Crippen LogP contribution in [0, 0.1) is 0 Å². The Morgan fingerprint density at radius 3 is 2.17 bits per heavy atom. The van der Waals surface area contributed by atoms with E-state index in [0.29, 0.717) is 86.8 Å². The van der Waals surface area contributed by atoms with Crippen molar-refractivity contribution in [2.24, 2.45) is 5.10 Å². The third-order valence-corrected chi connectivity index (χ3v) is 6.67. The Hall–Kier alpha value is -3.71. The number of benzene rings is 2. The van der Waals surface area contributed by atoms with Gasteiger partial charge < -0.3 is 28.7 Å². The van der Waals surface area contributed by atoms with Gasteiger partial charge in [-0.2, -0.15) is 20.1 Å². The fraction of sp³-hybridized carbons (Fsp3) is 0.346. The number of halogens is 2. The lowest BCUT2D eigenvalue weighted by Crippen LogP contribution is -2.40. The molecular weight excluding hydrogens is 561 g/mol. The SMILES string of the molecule is COc1cc(/C=N\Nc2nc(N3CCOCC3)nc(N3CCOCC3)n2)ccc1OC(=O)c1ccc(Cl)cc1Cl. The third-order valence-electron chi connectivity index (χ3n) is 6.12. The Bertz CT molecular complexity index is 1350. The Balaban J connectivity index is 1.30. The summed E-state index contributed by atoms with van der Waals surface area (Å²) in [6, 6.07) is 9.56. The number of rotatable bonds is 8. The molecule has 0 amide bonds. The number of methoxy groups -OCH3 is 1. The second kappa shape index (κ2) is 13.1. The number of hydrogen-bond acceptors (Lipinski definition) is 12. The van der Waals surface area contributed by atoms with Crippen LogP contribution in [0.1, 0.15) is 15.9 Å². The second-order valence-corrected chi connectivity index (χ2v) is 9.60. The Morgan fingerprint density at radius 1 is 0.925 bits per heavy atom. The highest BCUT2D eigenvalue weighted by Crippen LogP contribution is 2.30. The summed E-state index contributed by atoms with van der Waals surface area (Å²) in [6.07, 6.45) is 1.58. The van der Waals surface area contributed by atoms with Crippen molar-refractivity contribution >= 4 is 53.2 Å². The molecule has 0 bridgehead atoms. The van der Waals surface area contributed by atoms with Crippen molar-refractivity contribution in [3.8, 4) is 11.5 Å². The van der Waals surface area contributed by atoms with Crippen molar-refractivity contribution < 1.29 is 23.7 Å². The van der Waals surface area contributed by atoms with Crippen LogP contribution < -0.4 is 24.7 Å². The number of nitrogens with one attached hydrogen (secondary N) is 1. The van der Waals surface area contributed by atoms with Gasteiger partial charge in [0.25, 0.3) is 0 Å². The first-order valence-electron chi connectivity index (χ1n) is 12.6. The average molecular weight is 588 g/mol. The van der Waals surface area contributed by atoms with Gasteiger partial charge in [-0.3, -0.25) is 0 Å². The molecule has 2 aromatic carbocycles. The molecule has 5 rings (SSSR count). The monoisotopic (exact) mass is 587 g/mol. The molecular formula is C26H27Cl2N7O5. The number of carbonyl (C=O) groups excluding carboxylic acids is 1. The molecule has 2 aliphatic rings. The zero-order chi connectivity index (χ0) is 27.9. The van der Waals surface area contributed by atoms with E-state index in [1.165, 1.54) is 19.2 Å². The molecule has 3 aromatic rings. The first kappa shape index (κ1) is 27.8. The van der Waals surface area contributed by atoms with E-state index in [-0.39, 0.29) is 16.3 Å². The summed E-state index contributed by atoms with van der Waals surface area (Å²) in [4.78, 5) is 30.6. The molecule has 40 heavy (non-hydrogen) atoms. The largest absolute Gasteiger partial charge is 0.493 e. The molecule has 2 fully saturated rings. The maximum Gasteiger partial charge on any atom is 0.345 e. The number of ether oxygens (including phenoxy) is 4. The molecule has 0 unspecified atom stereocenters. The van der Waals surface area contributed by atoms with Gasteiger partial charge in [0, 0.05) is 31.2 Å². The van der Waals surface area contributed by atoms with Gasteiger partial charge >= 0.3 is 5.97 Å². The molecule has 0 aliphatic carbocycles. The predicted molar refractivity (Wildman–Crippen MR) is 152 cm³/mol. The zero-order valence-electron chi connectivity index (χ0n) is 21.7. The lowest BCUT2D eigenvalue weighted by molar-refractivity contribution is 0.0730. The first-order valence-corrected chi connectivity index (χ1v) is 13.3. The van der Waals surface area contributed by atoms with Gasteiger partial charge in [-0.15, -0.1) is 0 Å². The third kappa shape index (κ3) is 6.89. The van der Waals surface area contributed by atoms with Crippen LogP contribution in [0.15, 0.2) is 41.5 Å². The summed E-state index contributed by atoms with van der Waals surface area (Å²) in [5.74, 6) is 1.37. The molecule has 1 N–H and O–H groups in total. The van der Waals surface area contributed by atoms with E-state index in [1.807, 2.05) is 0 Å². The van der Waals surface area contributed by atoms with Crippen molar-refractivity contribution in [1.82, 2.24) is 15.0 Å². The van der Waals surface area contributed by atoms with E-state index in [2.05, 4.69) is 35.3 Å². The quantitative estimate of drug-likeness (QED) is 0.180. The topological polar surface area (TPSA) is 124 Å². The number of esters is 1. The maximum absolute atomic E-state index is 12.6. The first-order chi connectivity index (χ1) is 19.5. The zero-order valence-corrected chi connectivity index (χ0v) is 23.2. The van der Waals surface area contributed by atoms with Crippen LogP contribution in [0.3, 0.4) is 0 Å². The summed E-state index contributed by atoms with van der Waals surface area (Å²) in [6.45, 7) is 5.20. The van der Waals surface area contributed by atoms with Crippen molar-refractivity contribution in [1.29, 1.82) is 0 Å². The Morgan fingerprint density at radius 2 is 1.57 bits per heavy atom. The summed E-state index contributed by atoms with van der Waals surface area (Å²) in [5.41, 5.74) is 3.78. The lowest BCUT2D eigenvalue weighted by Gasteiger charge is -2.30. The minimum atomic E-state index is -0.634. The van der Waals surface area contributed by atoms with E-state index < -0.39 is 5.97 Å². The minimum absolute atomic E-state index is 0.188. The fourth-order valence-corrected chi connectivity index (χ4v) is 4.52. The molecule has 3 heterocycles. The van der Waals surface area contributed by atoms with Gasteiger partial charge in [-0.25, -0.2) is 10.2 Å². The van der Waals surface area contributed by atoms with E-state index in [9.17, 15) is 4.79 Å². The number of anilines is 3. The number of morpholine rings is 2. The summed E-state index contributed by atoms with van der Waals surface area (Å²) < 4.78 is 21.9. The van der Waals surface area contributed by atoms with Crippen LogP contribution in [0.2, 0.25) is 10.0 Å². The van der Waals surface area contributed by atoms with Gasteiger partial charge in [-0.05, 0) is 42.0 Å². The number of carbonyl (C=O) groups is 1. The summed E-state index contributed by atoms with van der Waals surface area (Å²) in [5, 5.41) is 4.92. The van der Waals surface area contributed by atoms with Gasteiger partial charge in [0.2, 0.25) is 17.8 Å². The minimum Gasteiger partial charge on any atom is -0.493 e. The number of hydrazone groups is 1. The molecule has 210 valence electrons. The maximum atomic E-state index is 12.6. The molecule has 0 saturated carbocycles. The van der Waals surface area contributed by atoms with Crippen LogP contribution in [-0.4, -0.2) is 86.9 Å². The van der Waals surface area contributed by atoms with Crippen LogP contribution >= 0.6 is 23.2 Å². The standard InChI is InChI=1S/C26H27Cl2N7O5/c1-37-22-14-17(2-5-21(22)40-23(36)19-4-3-18(27)15-20(19)28)16-29-33-24-30-25(34-6-10-38-11-7-34)32-26(31-24)35-8-12-39-13-9-35/h2-5,14-16H,6-13H2,1H3,(H,30,31,32,33)/b29-16-. The highest BCUT2D eigenvalue weighted by atomic mass is 35.5. The molecule has 1 aromatic heterocycles. The number of nitrogens with zero attached hydrogens (tertiary/aromatic N) is 6. The summed E-state index contributed by atoms with van der Waals surface area (Å²) in [7, 11) is 1.48. The number of aromatic nitrogens is 3. The molecule has 0 radical (unpaired) electrons. The molecule has 0 spiro atoms. The lowest BCUT2D eigenvalue weighted by atomic mass is 10.2. The average Bonchev–Trinajstić information content (AvgIpc) is 2.98. The van der Waals surface area contributed by atoms with E-state index >= 15 is 0 Å². The van der Waals surface area contributed by atoms with Gasteiger partial charge in [0.05, 0.1) is 50.3 Å². The van der Waals surface area contributed by atoms with Crippen molar-refractivity contribution in [3.63, 3.8) is 0 Å². The summed E-state index contributed by atoms with van der Waals surface area (Å²) >= 11 is 12.0. The second-order valence-electron chi connectivity index (χ2n) is 8.75. The van der Waals surface area contributed by atoms with E-state index in [1.54, 1.807) is 30.5 Å². The van der Waals surface area contributed by atoms with Crippen LogP contribution in [0.5, 0.6) is 11.5 Å². The molecule has 0 atom stereocenters. The molecule has 2 saturated heterocycles. The van der Waals surface area contributed by atoms with E-state index in [4.69, 9.17) is 42.1 Å². The van der Waals surface area contributed by atoms with Gasteiger partial charge in [0.1, 0.15) is 0 Å². The van der Waals surface area contributed by atoms with Crippen LogP contribution in [0.4, 0.5) is 17.8 Å². The smallest absolute Gasteiger partial charge is 0.345 e. The van der Waals surface area contributed by atoms with Crippen molar-refractivity contribution in [2.45, 2.75) is 0 Å². The van der Waals surface area contributed by atoms with Crippen LogP contribution in [-0.2, 0) is 9.47 Å². The number of hydrogen-bond donors (Lipinski definition) is 1. The highest BCUT2D eigenvalue weighted by Gasteiger charge is 2.21. The predicted octanol–water partition coefficient (Wildman–Crippen LogP) is 3.53. The normalized spacial score (nSPS) is 15.8. The Kier molecular flexibility index (Phi) is 9.12. The fourth-order valence-electron chi connectivity index (χ4n) is 4.04.